The maximum atomic E-state index is 13.4. The molecule has 35 heavy (non-hydrogen) atoms. The van der Waals surface area contributed by atoms with E-state index in [1.165, 1.54) is 0 Å². The molecule has 6 rings (SSSR count). The predicted octanol–water partition coefficient (Wildman–Crippen LogP) is 3.40. The van der Waals surface area contributed by atoms with Crippen molar-refractivity contribution in [3.63, 3.8) is 0 Å². The number of hydrogen-bond acceptors (Lipinski definition) is 6. The van der Waals surface area contributed by atoms with Crippen molar-refractivity contribution in [2.45, 2.75) is 60.3 Å². The summed E-state index contributed by atoms with van der Waals surface area (Å²) in [7, 11) is -1.62. The molecule has 10 heteroatoms. The molecule has 0 bridgehead atoms. The molecule has 3 fully saturated rings. The van der Waals surface area contributed by atoms with Crippen LogP contribution in [-0.2, 0) is 21.7 Å². The Morgan fingerprint density at radius 2 is 1.74 bits per heavy atom. The molecule has 1 saturated heterocycles. The van der Waals surface area contributed by atoms with Crippen molar-refractivity contribution in [1.82, 2.24) is 20.2 Å². The highest BCUT2D eigenvalue weighted by Gasteiger charge is 2.48. The number of fused-ring (bicyclic) bond motifs is 1. The van der Waals surface area contributed by atoms with Gasteiger partial charge in [-0.15, -0.1) is 0 Å². The maximum absolute atomic E-state index is 13.4. The van der Waals surface area contributed by atoms with Crippen molar-refractivity contribution in [2.24, 2.45) is 7.05 Å². The van der Waals surface area contributed by atoms with Crippen molar-refractivity contribution < 1.29 is 18.0 Å². The topological polar surface area (TPSA) is 120 Å². The number of nitrogens with zero attached hydrogens (tertiary/aromatic N) is 3. The number of rotatable bonds is 4. The van der Waals surface area contributed by atoms with Crippen molar-refractivity contribution in [1.29, 1.82) is 0 Å². The molecule has 9 nitrogen and oxygen atoms in total. The molecule has 0 radical (unpaired) electrons. The lowest BCUT2D eigenvalue weighted by molar-refractivity contribution is -0.146. The van der Waals surface area contributed by atoms with Crippen LogP contribution in [0, 0.1) is 0 Å². The second kappa shape index (κ2) is 7.96. The number of nitrogen functional groups attached to an aromatic ring is 1. The molecule has 1 aromatic heterocycles. The monoisotopic (exact) mass is 495 g/mol. The Labute approximate surface area is 204 Å². The number of aryl methyl sites for hydroxylation is 1. The van der Waals surface area contributed by atoms with Crippen LogP contribution in [0.3, 0.4) is 0 Å². The lowest BCUT2D eigenvalue weighted by Gasteiger charge is -2.45. The first-order chi connectivity index (χ1) is 16.8. The zero-order valence-corrected chi connectivity index (χ0v) is 20.4. The lowest BCUT2D eigenvalue weighted by Crippen LogP contribution is -2.61. The van der Waals surface area contributed by atoms with Gasteiger partial charge in [-0.25, -0.2) is 18.7 Å². The van der Waals surface area contributed by atoms with E-state index in [-0.39, 0.29) is 6.03 Å². The zero-order valence-electron chi connectivity index (χ0n) is 19.6. The van der Waals surface area contributed by atoms with E-state index in [1.807, 2.05) is 42.3 Å². The van der Waals surface area contributed by atoms with Gasteiger partial charge in [-0.2, -0.15) is 5.10 Å². The normalized spacial score (nSPS) is 25.2. The molecule has 1 aliphatic heterocycles. The number of aromatic nitrogens is 2. The average Bonchev–Trinajstić information content (AvgIpc) is 3.67. The Kier molecular flexibility index (Phi) is 5.08. The van der Waals surface area contributed by atoms with Crippen LogP contribution in [0.4, 0.5) is 10.6 Å². The van der Waals surface area contributed by atoms with Crippen molar-refractivity contribution in [3.8, 4) is 11.1 Å². The number of anilines is 1. The summed E-state index contributed by atoms with van der Waals surface area (Å²) in [6.45, 7) is 0.538. The van der Waals surface area contributed by atoms with Gasteiger partial charge in [0.2, 0.25) is 0 Å². The number of hydroxylamine groups is 1. The molecule has 2 aromatic carbocycles. The SMILES string of the molecule is Cn1nc(N)c2cc(-c3ccc(S(=O)(=O)C4CCC5(CC4)CN(C4CC4)C(=O)NO5)cc3)ccc21. The lowest BCUT2D eigenvalue weighted by atomic mass is 9.83. The summed E-state index contributed by atoms with van der Waals surface area (Å²) >= 11 is 0. The smallest absolute Gasteiger partial charge is 0.341 e. The van der Waals surface area contributed by atoms with E-state index in [0.717, 1.165) is 34.9 Å². The molecule has 0 atom stereocenters. The van der Waals surface area contributed by atoms with Gasteiger partial charge in [0.25, 0.3) is 0 Å². The summed E-state index contributed by atoms with van der Waals surface area (Å²) in [6.07, 6.45) is 4.28. The third-order valence-corrected chi connectivity index (χ3v) is 10.0. The molecule has 2 heterocycles. The summed E-state index contributed by atoms with van der Waals surface area (Å²) in [6, 6.07) is 13.1. The molecule has 3 aliphatic rings. The van der Waals surface area contributed by atoms with Crippen molar-refractivity contribution in [2.75, 3.05) is 12.3 Å². The minimum absolute atomic E-state index is 0.182. The number of amides is 2. The number of carbonyl (C=O) groups excluding carboxylic acids is 1. The molecule has 2 saturated carbocycles. The van der Waals surface area contributed by atoms with E-state index in [1.54, 1.807) is 16.8 Å². The quantitative estimate of drug-likeness (QED) is 0.573. The van der Waals surface area contributed by atoms with E-state index in [9.17, 15) is 13.2 Å². The van der Waals surface area contributed by atoms with Crippen LogP contribution >= 0.6 is 0 Å². The summed E-state index contributed by atoms with van der Waals surface area (Å²) in [5.41, 5.74) is 10.9. The fraction of sp³-hybridized carbons (Fsp3) is 0.440. The highest BCUT2D eigenvalue weighted by Crippen LogP contribution is 2.40. The number of hydrogen-bond donors (Lipinski definition) is 2. The highest BCUT2D eigenvalue weighted by molar-refractivity contribution is 7.92. The number of urea groups is 1. The average molecular weight is 496 g/mol. The minimum atomic E-state index is -3.47. The molecule has 3 aromatic rings. The van der Waals surface area contributed by atoms with Gasteiger partial charge in [0.15, 0.2) is 15.7 Å². The van der Waals surface area contributed by atoms with E-state index >= 15 is 0 Å². The zero-order chi connectivity index (χ0) is 24.4. The van der Waals surface area contributed by atoms with Crippen LogP contribution in [0.25, 0.3) is 22.0 Å². The molecule has 1 spiro atoms. The Hall–Kier alpha value is -3.11. The standard InChI is InChI=1S/C25H29N5O4S/c1-29-22-9-4-17(14-21(22)23(26)27-29)16-2-7-19(8-3-16)35(32,33)20-10-12-25(13-11-20)15-30(18-5-6-18)24(31)28-34-25/h2-4,7-9,14,18,20H,5-6,10-13,15H2,1H3,(H2,26,27)(H,28,31). The van der Waals surface area contributed by atoms with E-state index < -0.39 is 20.7 Å². The minimum Gasteiger partial charge on any atom is -0.382 e. The van der Waals surface area contributed by atoms with Gasteiger partial charge >= 0.3 is 6.03 Å². The van der Waals surface area contributed by atoms with Crippen LogP contribution in [-0.4, -0.2) is 52.6 Å². The van der Waals surface area contributed by atoms with Crippen LogP contribution in [0.1, 0.15) is 38.5 Å². The fourth-order valence-corrected chi connectivity index (χ4v) is 7.25. The second-order valence-electron chi connectivity index (χ2n) is 10.1. The number of benzene rings is 2. The van der Waals surface area contributed by atoms with Crippen LogP contribution in [0.5, 0.6) is 0 Å². The van der Waals surface area contributed by atoms with Gasteiger partial charge in [-0.3, -0.25) is 9.52 Å². The van der Waals surface area contributed by atoms with Crippen molar-refractivity contribution >= 4 is 32.6 Å². The first-order valence-electron chi connectivity index (χ1n) is 12.1. The van der Waals surface area contributed by atoms with Crippen molar-refractivity contribution in [3.05, 3.63) is 42.5 Å². The van der Waals surface area contributed by atoms with Gasteiger partial charge in [-0.05, 0) is 73.9 Å². The van der Waals surface area contributed by atoms with E-state index in [0.29, 0.717) is 49.0 Å². The third kappa shape index (κ3) is 3.84. The van der Waals surface area contributed by atoms with Gasteiger partial charge < -0.3 is 10.6 Å². The molecular weight excluding hydrogens is 466 g/mol. The number of carbonyl (C=O) groups is 1. The Balaban J connectivity index is 1.17. The largest absolute Gasteiger partial charge is 0.382 e. The number of sulfone groups is 1. The summed E-state index contributed by atoms with van der Waals surface area (Å²) < 4.78 is 28.6. The van der Waals surface area contributed by atoms with Gasteiger partial charge in [0.05, 0.1) is 22.2 Å². The molecule has 3 N–H and O–H groups in total. The molecule has 184 valence electrons. The van der Waals surface area contributed by atoms with E-state index in [2.05, 4.69) is 10.6 Å². The number of nitrogens with one attached hydrogen (secondary N) is 1. The van der Waals surface area contributed by atoms with Crippen LogP contribution in [0.15, 0.2) is 47.4 Å². The maximum Gasteiger partial charge on any atom is 0.341 e. The highest BCUT2D eigenvalue weighted by atomic mass is 32.2. The Morgan fingerprint density at radius 1 is 1.06 bits per heavy atom. The summed E-state index contributed by atoms with van der Waals surface area (Å²) in [5.74, 6) is 0.473. The fourth-order valence-electron chi connectivity index (χ4n) is 5.50. The number of nitrogens with two attached hydrogens (primary N) is 1. The van der Waals surface area contributed by atoms with Gasteiger partial charge in [0.1, 0.15) is 5.60 Å². The summed E-state index contributed by atoms with van der Waals surface area (Å²) in [4.78, 5) is 20.0. The van der Waals surface area contributed by atoms with Crippen LogP contribution in [0.2, 0.25) is 0 Å². The molecule has 2 amide bonds. The van der Waals surface area contributed by atoms with E-state index in [4.69, 9.17) is 10.6 Å². The van der Waals surface area contributed by atoms with Gasteiger partial charge in [0, 0.05) is 18.5 Å². The molecule has 2 aliphatic carbocycles. The van der Waals surface area contributed by atoms with Crippen LogP contribution < -0.4 is 11.2 Å². The first-order valence-corrected chi connectivity index (χ1v) is 13.6. The molecule has 0 unspecified atom stereocenters. The van der Waals surface area contributed by atoms with Gasteiger partial charge in [-0.1, -0.05) is 18.2 Å². The predicted molar refractivity (Wildman–Crippen MR) is 132 cm³/mol. The Bertz CT molecular complexity index is 1400. The Morgan fingerprint density at radius 3 is 2.43 bits per heavy atom. The second-order valence-corrected chi connectivity index (χ2v) is 12.3. The third-order valence-electron chi connectivity index (χ3n) is 7.74. The summed E-state index contributed by atoms with van der Waals surface area (Å²) in [5, 5.41) is 4.67. The molecular formula is C25H29N5O4S. The first kappa shape index (κ1) is 22.4.